The number of para-hydroxylation sites is 1. The van der Waals surface area contributed by atoms with Crippen molar-refractivity contribution in [1.82, 2.24) is 10.3 Å². The van der Waals surface area contributed by atoms with Gasteiger partial charge in [-0.15, -0.1) is 0 Å². The van der Waals surface area contributed by atoms with Crippen LogP contribution in [0, 0.1) is 0 Å². The Morgan fingerprint density at radius 2 is 2.14 bits per heavy atom. The minimum absolute atomic E-state index is 0.358. The van der Waals surface area contributed by atoms with Crippen LogP contribution in [0.15, 0.2) is 42.6 Å². The van der Waals surface area contributed by atoms with Crippen molar-refractivity contribution in [3.8, 4) is 0 Å². The molecule has 1 N–H and O–H groups in total. The van der Waals surface area contributed by atoms with Gasteiger partial charge in [-0.2, -0.15) is 0 Å². The van der Waals surface area contributed by atoms with E-state index in [1.54, 1.807) is 0 Å². The Labute approximate surface area is 127 Å². The van der Waals surface area contributed by atoms with Crippen LogP contribution >= 0.6 is 0 Å². The Balaban J connectivity index is 1.93. The third-order valence-corrected chi connectivity index (χ3v) is 4.17. The maximum absolute atomic E-state index is 4.60. The molecule has 1 atom stereocenters. The van der Waals surface area contributed by atoms with Crippen molar-refractivity contribution in [2.24, 2.45) is 0 Å². The third-order valence-electron chi connectivity index (χ3n) is 4.17. The van der Waals surface area contributed by atoms with Gasteiger partial charge in [0.15, 0.2) is 0 Å². The number of aryl methyl sites for hydroxylation is 1. The molecule has 0 radical (unpaired) electrons. The average Bonchev–Trinajstić information content (AvgIpc) is 2.55. The Morgan fingerprint density at radius 1 is 1.29 bits per heavy atom. The zero-order chi connectivity index (χ0) is 14.7. The Bertz CT molecular complexity index is 609. The number of fused-ring (bicyclic) bond motifs is 1. The van der Waals surface area contributed by atoms with E-state index in [0.717, 1.165) is 18.9 Å². The molecular weight excluding hydrogens is 258 g/mol. The van der Waals surface area contributed by atoms with Crippen LogP contribution in [-0.2, 0) is 6.42 Å². The number of nitrogens with one attached hydrogen (secondary N) is 1. The Hall–Kier alpha value is -1.87. The fraction of sp³-hybridized carbons (Fsp3) is 0.389. The molecular formula is C18H23N3. The van der Waals surface area contributed by atoms with Crippen LogP contribution in [-0.4, -0.2) is 18.1 Å². The first-order chi connectivity index (χ1) is 10.3. The van der Waals surface area contributed by atoms with E-state index in [-0.39, 0.29) is 0 Å². The van der Waals surface area contributed by atoms with E-state index >= 15 is 0 Å². The Kier molecular flexibility index (Phi) is 4.20. The molecule has 3 rings (SSSR count). The number of anilines is 2. The zero-order valence-electron chi connectivity index (χ0n) is 12.8. The minimum Gasteiger partial charge on any atom is -0.326 e. The smallest absolute Gasteiger partial charge is 0.133 e. The monoisotopic (exact) mass is 281 g/mol. The lowest BCUT2D eigenvalue weighted by Gasteiger charge is -2.30. The van der Waals surface area contributed by atoms with Crippen LogP contribution in [0.1, 0.15) is 37.4 Å². The maximum Gasteiger partial charge on any atom is 0.133 e. The lowest BCUT2D eigenvalue weighted by atomic mass is 10.0. The van der Waals surface area contributed by atoms with Gasteiger partial charge in [0.1, 0.15) is 5.82 Å². The SMILES string of the molecule is CCNC(C)c1ccnc(N2CCCc3ccccc32)c1. The molecule has 3 nitrogen and oxygen atoms in total. The summed E-state index contributed by atoms with van der Waals surface area (Å²) < 4.78 is 0. The summed E-state index contributed by atoms with van der Waals surface area (Å²) in [5, 5.41) is 3.46. The third kappa shape index (κ3) is 2.93. The molecule has 0 saturated heterocycles. The van der Waals surface area contributed by atoms with Gasteiger partial charge in [-0.1, -0.05) is 25.1 Å². The van der Waals surface area contributed by atoms with E-state index in [2.05, 4.69) is 65.4 Å². The topological polar surface area (TPSA) is 28.2 Å². The van der Waals surface area contributed by atoms with Crippen LogP contribution in [0.3, 0.4) is 0 Å². The maximum atomic E-state index is 4.60. The van der Waals surface area contributed by atoms with E-state index in [4.69, 9.17) is 0 Å². The molecule has 21 heavy (non-hydrogen) atoms. The highest BCUT2D eigenvalue weighted by molar-refractivity contribution is 5.65. The lowest BCUT2D eigenvalue weighted by Crippen LogP contribution is -2.25. The van der Waals surface area contributed by atoms with Gasteiger partial charge in [-0.3, -0.25) is 0 Å². The summed E-state index contributed by atoms with van der Waals surface area (Å²) in [5.74, 6) is 1.06. The molecule has 0 spiro atoms. The summed E-state index contributed by atoms with van der Waals surface area (Å²) in [6.45, 7) is 6.36. The van der Waals surface area contributed by atoms with Crippen LogP contribution < -0.4 is 10.2 Å². The largest absolute Gasteiger partial charge is 0.326 e. The summed E-state index contributed by atoms with van der Waals surface area (Å²) in [7, 11) is 0. The Morgan fingerprint density at radius 3 is 3.00 bits per heavy atom. The molecule has 2 aromatic rings. The van der Waals surface area contributed by atoms with Gasteiger partial charge in [-0.05, 0) is 55.6 Å². The second kappa shape index (κ2) is 6.27. The summed E-state index contributed by atoms with van der Waals surface area (Å²) >= 11 is 0. The first-order valence-corrected chi connectivity index (χ1v) is 7.84. The first kappa shape index (κ1) is 14.1. The van der Waals surface area contributed by atoms with Gasteiger partial charge in [0.2, 0.25) is 0 Å². The molecule has 0 aliphatic carbocycles. The van der Waals surface area contributed by atoms with E-state index in [0.29, 0.717) is 6.04 Å². The molecule has 1 aliphatic rings. The van der Waals surface area contributed by atoms with Gasteiger partial charge in [-0.25, -0.2) is 4.98 Å². The minimum atomic E-state index is 0.358. The fourth-order valence-corrected chi connectivity index (χ4v) is 3.05. The van der Waals surface area contributed by atoms with Crippen molar-refractivity contribution in [2.75, 3.05) is 18.0 Å². The number of nitrogens with zero attached hydrogens (tertiary/aromatic N) is 2. The molecule has 2 heterocycles. The second-order valence-electron chi connectivity index (χ2n) is 5.61. The highest BCUT2D eigenvalue weighted by Crippen LogP contribution is 2.32. The normalized spacial score (nSPS) is 15.6. The molecule has 0 amide bonds. The number of pyridine rings is 1. The first-order valence-electron chi connectivity index (χ1n) is 7.84. The number of hydrogen-bond acceptors (Lipinski definition) is 3. The van der Waals surface area contributed by atoms with E-state index in [1.807, 2.05) is 6.20 Å². The summed E-state index contributed by atoms with van der Waals surface area (Å²) in [6.07, 6.45) is 4.28. The zero-order valence-corrected chi connectivity index (χ0v) is 12.8. The summed E-state index contributed by atoms with van der Waals surface area (Å²) in [5.41, 5.74) is 4.03. The lowest BCUT2D eigenvalue weighted by molar-refractivity contribution is 0.597. The van der Waals surface area contributed by atoms with Crippen molar-refractivity contribution >= 4 is 11.5 Å². The molecule has 1 aromatic heterocycles. The summed E-state index contributed by atoms with van der Waals surface area (Å²) in [4.78, 5) is 6.95. The van der Waals surface area contributed by atoms with E-state index in [1.165, 1.54) is 29.7 Å². The van der Waals surface area contributed by atoms with Gasteiger partial charge in [0.25, 0.3) is 0 Å². The standard InChI is InChI=1S/C18H23N3/c1-3-19-14(2)16-10-11-20-18(13-16)21-12-6-8-15-7-4-5-9-17(15)21/h4-5,7,9-11,13-14,19H,3,6,8,12H2,1-2H3. The van der Waals surface area contributed by atoms with Crippen molar-refractivity contribution in [3.63, 3.8) is 0 Å². The van der Waals surface area contributed by atoms with Crippen molar-refractivity contribution in [3.05, 3.63) is 53.7 Å². The van der Waals surface area contributed by atoms with Gasteiger partial charge < -0.3 is 10.2 Å². The molecule has 3 heteroatoms. The highest BCUT2D eigenvalue weighted by atomic mass is 15.2. The number of aromatic nitrogens is 1. The van der Waals surface area contributed by atoms with Crippen LogP contribution in [0.25, 0.3) is 0 Å². The molecule has 110 valence electrons. The van der Waals surface area contributed by atoms with Crippen molar-refractivity contribution < 1.29 is 0 Å². The summed E-state index contributed by atoms with van der Waals surface area (Å²) in [6, 6.07) is 13.4. The van der Waals surface area contributed by atoms with Crippen LogP contribution in [0.4, 0.5) is 11.5 Å². The molecule has 0 bridgehead atoms. The highest BCUT2D eigenvalue weighted by Gasteiger charge is 2.19. The number of benzene rings is 1. The van der Waals surface area contributed by atoms with E-state index < -0.39 is 0 Å². The van der Waals surface area contributed by atoms with Crippen LogP contribution in [0.5, 0.6) is 0 Å². The molecule has 1 aliphatic heterocycles. The molecule has 1 aromatic carbocycles. The fourth-order valence-electron chi connectivity index (χ4n) is 3.05. The van der Waals surface area contributed by atoms with Gasteiger partial charge >= 0.3 is 0 Å². The van der Waals surface area contributed by atoms with Crippen molar-refractivity contribution in [2.45, 2.75) is 32.7 Å². The van der Waals surface area contributed by atoms with E-state index in [9.17, 15) is 0 Å². The number of rotatable bonds is 4. The predicted molar refractivity (Wildman–Crippen MR) is 88.1 cm³/mol. The van der Waals surface area contributed by atoms with Gasteiger partial charge in [0.05, 0.1) is 0 Å². The molecule has 0 fully saturated rings. The average molecular weight is 281 g/mol. The second-order valence-corrected chi connectivity index (χ2v) is 5.61. The van der Waals surface area contributed by atoms with Gasteiger partial charge in [0, 0.05) is 24.5 Å². The number of hydrogen-bond donors (Lipinski definition) is 1. The molecule has 0 saturated carbocycles. The van der Waals surface area contributed by atoms with Crippen LogP contribution in [0.2, 0.25) is 0 Å². The van der Waals surface area contributed by atoms with Crippen molar-refractivity contribution in [1.29, 1.82) is 0 Å². The molecule has 1 unspecified atom stereocenters. The quantitative estimate of drug-likeness (QED) is 0.923. The predicted octanol–water partition coefficient (Wildman–Crippen LogP) is 3.84.